The van der Waals surface area contributed by atoms with Crippen molar-refractivity contribution in [2.24, 2.45) is 4.99 Å². The normalized spacial score (nSPS) is 11.9. The van der Waals surface area contributed by atoms with Crippen LogP contribution < -0.4 is 10.3 Å². The van der Waals surface area contributed by atoms with Crippen molar-refractivity contribution in [2.45, 2.75) is 40.2 Å². The van der Waals surface area contributed by atoms with Crippen LogP contribution in [0.25, 0.3) is 17.1 Å². The summed E-state index contributed by atoms with van der Waals surface area (Å²) in [5, 5.41) is 10.4. The Balaban J connectivity index is 2.09. The lowest BCUT2D eigenvalue weighted by atomic mass is 10.0. The lowest BCUT2D eigenvalue weighted by Crippen LogP contribution is -2.23. The highest BCUT2D eigenvalue weighted by Crippen LogP contribution is 2.29. The Kier molecular flexibility index (Phi) is 8.05. The molecular formula is C27H28BrFN4O3. The van der Waals surface area contributed by atoms with Gasteiger partial charge >= 0.3 is 0 Å². The van der Waals surface area contributed by atoms with Crippen molar-refractivity contribution in [3.05, 3.63) is 92.0 Å². The van der Waals surface area contributed by atoms with E-state index in [2.05, 4.69) is 44.2 Å². The molecule has 3 rings (SSSR count). The van der Waals surface area contributed by atoms with Crippen molar-refractivity contribution in [1.82, 2.24) is 14.5 Å². The minimum absolute atomic E-state index is 0.115. The highest BCUT2D eigenvalue weighted by molar-refractivity contribution is 9.10. The molecule has 0 radical (unpaired) electrons. The molecule has 3 aromatic rings. The van der Waals surface area contributed by atoms with Crippen molar-refractivity contribution in [2.75, 3.05) is 6.61 Å². The highest BCUT2D eigenvalue weighted by atomic mass is 79.9. The summed E-state index contributed by atoms with van der Waals surface area (Å²) < 4.78 is 21.0. The number of hydrogen-bond acceptors (Lipinski definition) is 6. The SMILES string of the molecule is C=N/C=C(/COc1cc(C)n(-c2cc(-c3nc(C(C)(C)O)ccc3C)ncc2C)c(=O)c1Br)C(=C)F. The molecule has 0 aliphatic carbocycles. The summed E-state index contributed by atoms with van der Waals surface area (Å²) in [7, 11) is 0. The maximum absolute atomic E-state index is 13.6. The average molecular weight is 555 g/mol. The van der Waals surface area contributed by atoms with Gasteiger partial charge in [0.15, 0.2) is 0 Å². The second kappa shape index (κ2) is 10.7. The monoisotopic (exact) mass is 554 g/mol. The van der Waals surface area contributed by atoms with Gasteiger partial charge in [-0.05, 0) is 80.5 Å². The number of rotatable bonds is 8. The predicted octanol–water partition coefficient (Wildman–Crippen LogP) is 5.66. The van der Waals surface area contributed by atoms with E-state index in [1.807, 2.05) is 19.9 Å². The van der Waals surface area contributed by atoms with Crippen molar-refractivity contribution >= 4 is 22.6 Å². The fourth-order valence-corrected chi connectivity index (χ4v) is 3.96. The molecule has 0 aliphatic rings. The summed E-state index contributed by atoms with van der Waals surface area (Å²) in [6.07, 6.45) is 2.90. The van der Waals surface area contributed by atoms with Crippen LogP contribution >= 0.6 is 15.9 Å². The van der Waals surface area contributed by atoms with Gasteiger partial charge in [0.2, 0.25) is 0 Å². The van der Waals surface area contributed by atoms with Gasteiger partial charge in [0.1, 0.15) is 28.3 Å². The first-order valence-corrected chi connectivity index (χ1v) is 11.9. The molecule has 0 bridgehead atoms. The van der Waals surface area contributed by atoms with Crippen LogP contribution in [0.1, 0.15) is 36.4 Å². The molecule has 36 heavy (non-hydrogen) atoms. The standard InChI is InChI=1S/C27H28BrFN4O3/c1-15-8-9-23(27(5,6)35)32-25(15)20-11-21(16(2)12-31-20)33-17(3)10-22(24(28)26(33)34)36-14-19(13-30-7)18(4)29/h8-13,35H,4,7,14H2,1-3,5-6H3/b19-13-. The number of aliphatic hydroxyl groups is 1. The molecule has 0 atom stereocenters. The third kappa shape index (κ3) is 5.68. The van der Waals surface area contributed by atoms with E-state index in [0.717, 1.165) is 11.1 Å². The zero-order chi connectivity index (χ0) is 26.8. The van der Waals surface area contributed by atoms with Crippen LogP contribution in [0.3, 0.4) is 0 Å². The van der Waals surface area contributed by atoms with Crippen molar-refractivity contribution < 1.29 is 14.2 Å². The Bertz CT molecular complexity index is 1440. The average Bonchev–Trinajstić information content (AvgIpc) is 2.80. The summed E-state index contributed by atoms with van der Waals surface area (Å²) in [6, 6.07) is 7.14. The summed E-state index contributed by atoms with van der Waals surface area (Å²) in [4.78, 5) is 26.1. The van der Waals surface area contributed by atoms with Gasteiger partial charge in [-0.3, -0.25) is 19.3 Å². The van der Waals surface area contributed by atoms with Gasteiger partial charge in [0.25, 0.3) is 5.56 Å². The van der Waals surface area contributed by atoms with Crippen LogP contribution in [0, 0.1) is 20.8 Å². The Morgan fingerprint density at radius 1 is 1.28 bits per heavy atom. The molecule has 1 N–H and O–H groups in total. The van der Waals surface area contributed by atoms with Crippen LogP contribution in [0.15, 0.2) is 68.9 Å². The van der Waals surface area contributed by atoms with Gasteiger partial charge in [-0.2, -0.15) is 0 Å². The van der Waals surface area contributed by atoms with Crippen LogP contribution in [0.5, 0.6) is 5.75 Å². The number of halogens is 2. The Hall–Kier alpha value is -3.43. The first-order valence-electron chi connectivity index (χ1n) is 11.1. The molecule has 0 saturated carbocycles. The molecule has 3 aromatic heterocycles. The fourth-order valence-electron chi connectivity index (χ4n) is 3.55. The van der Waals surface area contributed by atoms with Crippen LogP contribution in [0.2, 0.25) is 0 Å². The predicted molar refractivity (Wildman–Crippen MR) is 144 cm³/mol. The van der Waals surface area contributed by atoms with E-state index in [1.54, 1.807) is 49.7 Å². The number of aliphatic imine (C=N–C) groups is 1. The van der Waals surface area contributed by atoms with Crippen molar-refractivity contribution in [3.8, 4) is 22.8 Å². The molecule has 0 unspecified atom stereocenters. The lowest BCUT2D eigenvalue weighted by molar-refractivity contribution is 0.0739. The Morgan fingerprint density at radius 3 is 2.58 bits per heavy atom. The molecular weight excluding hydrogens is 527 g/mol. The van der Waals surface area contributed by atoms with Crippen LogP contribution in [-0.2, 0) is 5.60 Å². The van der Waals surface area contributed by atoms with E-state index in [9.17, 15) is 14.3 Å². The second-order valence-electron chi connectivity index (χ2n) is 8.91. The summed E-state index contributed by atoms with van der Waals surface area (Å²) >= 11 is 3.33. The number of ether oxygens (including phenoxy) is 1. The van der Waals surface area contributed by atoms with Crippen LogP contribution in [-0.4, -0.2) is 33.0 Å². The van der Waals surface area contributed by atoms with E-state index in [-0.39, 0.29) is 28.0 Å². The Labute approximate surface area is 217 Å². The maximum atomic E-state index is 13.6. The number of hydrogen-bond donors (Lipinski definition) is 1. The van der Waals surface area contributed by atoms with Crippen molar-refractivity contribution in [3.63, 3.8) is 0 Å². The van der Waals surface area contributed by atoms with E-state index >= 15 is 0 Å². The zero-order valence-corrected chi connectivity index (χ0v) is 22.5. The summed E-state index contributed by atoms with van der Waals surface area (Å²) in [5.41, 5.74) is 3.21. The van der Waals surface area contributed by atoms with Gasteiger partial charge in [0.05, 0.1) is 22.8 Å². The molecule has 0 saturated heterocycles. The molecule has 0 fully saturated rings. The smallest absolute Gasteiger partial charge is 0.273 e. The lowest BCUT2D eigenvalue weighted by Gasteiger charge is -2.19. The molecule has 7 nitrogen and oxygen atoms in total. The molecule has 0 spiro atoms. The van der Waals surface area contributed by atoms with E-state index in [4.69, 9.17) is 4.74 Å². The second-order valence-corrected chi connectivity index (χ2v) is 9.71. The summed E-state index contributed by atoms with van der Waals surface area (Å²) in [6.45, 7) is 15.3. The number of aromatic nitrogens is 3. The Morgan fingerprint density at radius 2 is 1.97 bits per heavy atom. The molecule has 0 aromatic carbocycles. The topological polar surface area (TPSA) is 89.6 Å². The number of nitrogens with zero attached hydrogens (tertiary/aromatic N) is 4. The maximum Gasteiger partial charge on any atom is 0.273 e. The first-order chi connectivity index (χ1) is 16.8. The number of aryl methyl sites for hydroxylation is 3. The summed E-state index contributed by atoms with van der Waals surface area (Å²) in [5.74, 6) is -0.437. The minimum atomic E-state index is -1.12. The number of pyridine rings is 3. The highest BCUT2D eigenvalue weighted by Gasteiger charge is 2.21. The molecule has 188 valence electrons. The van der Waals surface area contributed by atoms with E-state index < -0.39 is 11.4 Å². The quantitative estimate of drug-likeness (QED) is 0.287. The fraction of sp³-hybridized carbons (Fsp3) is 0.259. The van der Waals surface area contributed by atoms with Gasteiger partial charge in [-0.25, -0.2) is 9.37 Å². The van der Waals surface area contributed by atoms with E-state index in [0.29, 0.717) is 28.5 Å². The van der Waals surface area contributed by atoms with E-state index in [1.165, 1.54) is 6.20 Å². The zero-order valence-electron chi connectivity index (χ0n) is 20.9. The third-order valence-electron chi connectivity index (χ3n) is 5.56. The molecule has 0 amide bonds. The molecule has 9 heteroatoms. The van der Waals surface area contributed by atoms with Crippen molar-refractivity contribution in [1.29, 1.82) is 0 Å². The third-order valence-corrected chi connectivity index (χ3v) is 6.29. The van der Waals surface area contributed by atoms with Gasteiger partial charge < -0.3 is 9.84 Å². The largest absolute Gasteiger partial charge is 0.487 e. The van der Waals surface area contributed by atoms with Crippen LogP contribution in [0.4, 0.5) is 4.39 Å². The van der Waals surface area contributed by atoms with Gasteiger partial charge in [-0.15, -0.1) is 0 Å². The van der Waals surface area contributed by atoms with Gasteiger partial charge in [-0.1, -0.05) is 12.6 Å². The minimum Gasteiger partial charge on any atom is -0.487 e. The molecule has 0 aliphatic heterocycles. The van der Waals surface area contributed by atoms with Gasteiger partial charge in [0, 0.05) is 29.7 Å². The first kappa shape index (κ1) is 27.2. The molecule has 3 heterocycles.